The summed E-state index contributed by atoms with van der Waals surface area (Å²) in [6.45, 7) is 2.62. The highest BCUT2D eigenvalue weighted by Crippen LogP contribution is 2.31. The number of hydrogen-bond donors (Lipinski definition) is 2. The fourth-order valence-corrected chi connectivity index (χ4v) is 2.90. The highest BCUT2D eigenvalue weighted by Gasteiger charge is 2.08. The van der Waals surface area contributed by atoms with E-state index < -0.39 is 0 Å². The van der Waals surface area contributed by atoms with Crippen LogP contribution in [0.3, 0.4) is 0 Å². The van der Waals surface area contributed by atoms with Crippen molar-refractivity contribution in [3.05, 3.63) is 102 Å². The van der Waals surface area contributed by atoms with E-state index in [1.807, 2.05) is 85.8 Å². The molecule has 0 fully saturated rings. The molecular formula is C24H22N4O. The van der Waals surface area contributed by atoms with Crippen molar-refractivity contribution in [2.45, 2.75) is 13.5 Å². The molecule has 4 aromatic rings. The molecule has 0 bridgehead atoms. The Kier molecular flexibility index (Phi) is 5.67. The highest BCUT2D eigenvalue weighted by molar-refractivity contribution is 5.65. The largest absolute Gasteiger partial charge is 0.455 e. The van der Waals surface area contributed by atoms with Crippen LogP contribution in [-0.2, 0) is 6.54 Å². The quantitative estimate of drug-likeness (QED) is 0.415. The molecule has 2 N–H and O–H groups in total. The lowest BCUT2D eigenvalue weighted by Crippen LogP contribution is -2.06. The number of aromatic nitrogens is 2. The van der Waals surface area contributed by atoms with E-state index in [0.29, 0.717) is 18.3 Å². The van der Waals surface area contributed by atoms with E-state index in [1.165, 1.54) is 5.56 Å². The van der Waals surface area contributed by atoms with Gasteiger partial charge in [-0.05, 0) is 36.8 Å². The summed E-state index contributed by atoms with van der Waals surface area (Å²) < 4.78 is 6.03. The second-order valence-corrected chi connectivity index (χ2v) is 6.59. The molecule has 1 aromatic heterocycles. The summed E-state index contributed by atoms with van der Waals surface area (Å²) >= 11 is 0. The van der Waals surface area contributed by atoms with Gasteiger partial charge < -0.3 is 15.4 Å². The predicted molar refractivity (Wildman–Crippen MR) is 117 cm³/mol. The smallest absolute Gasteiger partial charge is 0.225 e. The molecule has 0 atom stereocenters. The van der Waals surface area contributed by atoms with Crippen LogP contribution in [0.15, 0.2) is 91.0 Å². The second kappa shape index (κ2) is 8.89. The summed E-state index contributed by atoms with van der Waals surface area (Å²) in [4.78, 5) is 9.09. The third kappa shape index (κ3) is 5.11. The van der Waals surface area contributed by atoms with E-state index >= 15 is 0 Å². The lowest BCUT2D eigenvalue weighted by Gasteiger charge is -2.14. The Morgan fingerprint density at radius 2 is 1.48 bits per heavy atom. The Hall–Kier alpha value is -3.86. The molecule has 1 heterocycles. The summed E-state index contributed by atoms with van der Waals surface area (Å²) in [5.74, 6) is 2.80. The molecule has 0 aliphatic carbocycles. The van der Waals surface area contributed by atoms with Crippen molar-refractivity contribution < 1.29 is 4.74 Å². The molecule has 5 heteroatoms. The van der Waals surface area contributed by atoms with Crippen LogP contribution < -0.4 is 15.4 Å². The molecule has 0 saturated heterocycles. The molecule has 0 aliphatic heterocycles. The molecule has 3 aromatic carbocycles. The summed E-state index contributed by atoms with van der Waals surface area (Å²) in [6, 6.07) is 29.6. The number of hydrogen-bond acceptors (Lipinski definition) is 5. The van der Waals surface area contributed by atoms with Crippen LogP contribution >= 0.6 is 0 Å². The Balaban J connectivity index is 1.51. The maximum atomic E-state index is 6.03. The van der Waals surface area contributed by atoms with Crippen molar-refractivity contribution in [3.8, 4) is 11.5 Å². The first kappa shape index (κ1) is 18.5. The topological polar surface area (TPSA) is 59.1 Å². The number of anilines is 3. The van der Waals surface area contributed by atoms with E-state index in [9.17, 15) is 0 Å². The number of para-hydroxylation sites is 3. The first-order valence-electron chi connectivity index (χ1n) is 9.49. The van der Waals surface area contributed by atoms with Gasteiger partial charge in [0.1, 0.15) is 11.6 Å². The summed E-state index contributed by atoms with van der Waals surface area (Å²) in [5, 5.41) is 6.64. The van der Waals surface area contributed by atoms with Crippen molar-refractivity contribution in [1.82, 2.24) is 9.97 Å². The normalized spacial score (nSPS) is 10.4. The number of nitrogens with one attached hydrogen (secondary N) is 2. The Morgan fingerprint density at radius 1 is 0.793 bits per heavy atom. The first-order chi connectivity index (χ1) is 14.3. The Labute approximate surface area is 170 Å². The van der Waals surface area contributed by atoms with Gasteiger partial charge in [-0.15, -0.1) is 0 Å². The zero-order valence-electron chi connectivity index (χ0n) is 16.2. The third-order valence-corrected chi connectivity index (χ3v) is 4.27. The van der Waals surface area contributed by atoms with Gasteiger partial charge in [0, 0.05) is 18.3 Å². The lowest BCUT2D eigenvalue weighted by atomic mass is 10.2. The number of ether oxygens (including phenoxy) is 1. The lowest BCUT2D eigenvalue weighted by molar-refractivity contribution is 0.485. The van der Waals surface area contributed by atoms with Crippen molar-refractivity contribution in [2.75, 3.05) is 10.6 Å². The van der Waals surface area contributed by atoms with Crippen LogP contribution in [0.1, 0.15) is 11.3 Å². The van der Waals surface area contributed by atoms with Crippen LogP contribution in [0.25, 0.3) is 0 Å². The third-order valence-electron chi connectivity index (χ3n) is 4.27. The van der Waals surface area contributed by atoms with Crippen LogP contribution in [0.2, 0.25) is 0 Å². The van der Waals surface area contributed by atoms with Gasteiger partial charge in [0.2, 0.25) is 5.95 Å². The standard InChI is InChI=1S/C24H22N4O/c1-18-16-23(28-24(26-18)25-17-19-10-4-2-5-11-19)27-21-14-8-9-15-22(21)29-20-12-6-3-7-13-20/h2-16H,17H2,1H3,(H2,25,26,27,28). The fraction of sp³-hybridized carbons (Fsp3) is 0.0833. The molecule has 0 amide bonds. The van der Waals surface area contributed by atoms with Crippen molar-refractivity contribution in [1.29, 1.82) is 0 Å². The molecule has 0 aliphatic rings. The Morgan fingerprint density at radius 3 is 2.28 bits per heavy atom. The van der Waals surface area contributed by atoms with E-state index in [2.05, 4.69) is 32.7 Å². The van der Waals surface area contributed by atoms with Gasteiger partial charge in [-0.2, -0.15) is 4.98 Å². The molecule has 0 spiro atoms. The molecular weight excluding hydrogens is 360 g/mol. The van der Waals surface area contributed by atoms with Crippen LogP contribution in [-0.4, -0.2) is 9.97 Å². The molecule has 5 nitrogen and oxygen atoms in total. The SMILES string of the molecule is Cc1cc(Nc2ccccc2Oc2ccccc2)nc(NCc2ccccc2)n1. The molecule has 0 saturated carbocycles. The second-order valence-electron chi connectivity index (χ2n) is 6.59. The molecule has 0 radical (unpaired) electrons. The maximum absolute atomic E-state index is 6.03. The van der Waals surface area contributed by atoms with E-state index in [4.69, 9.17) is 4.74 Å². The summed E-state index contributed by atoms with van der Waals surface area (Å²) in [7, 11) is 0. The first-order valence-corrected chi connectivity index (χ1v) is 9.49. The summed E-state index contributed by atoms with van der Waals surface area (Å²) in [5.41, 5.74) is 2.89. The molecule has 29 heavy (non-hydrogen) atoms. The summed E-state index contributed by atoms with van der Waals surface area (Å²) in [6.07, 6.45) is 0. The van der Waals surface area contributed by atoms with Crippen molar-refractivity contribution in [2.24, 2.45) is 0 Å². The van der Waals surface area contributed by atoms with E-state index in [1.54, 1.807) is 0 Å². The number of benzene rings is 3. The number of aryl methyl sites for hydroxylation is 1. The van der Waals surface area contributed by atoms with Gasteiger partial charge in [0.25, 0.3) is 0 Å². The number of rotatable bonds is 7. The zero-order chi connectivity index (χ0) is 19.9. The molecule has 144 valence electrons. The average molecular weight is 382 g/mol. The van der Waals surface area contributed by atoms with Gasteiger partial charge in [0.05, 0.1) is 5.69 Å². The van der Waals surface area contributed by atoms with Crippen LogP contribution in [0, 0.1) is 6.92 Å². The molecule has 4 rings (SSSR count). The maximum Gasteiger partial charge on any atom is 0.225 e. The van der Waals surface area contributed by atoms with E-state index in [0.717, 1.165) is 22.9 Å². The minimum atomic E-state index is 0.581. The minimum Gasteiger partial charge on any atom is -0.455 e. The van der Waals surface area contributed by atoms with Crippen molar-refractivity contribution in [3.63, 3.8) is 0 Å². The number of nitrogens with zero attached hydrogens (tertiary/aromatic N) is 2. The molecule has 0 unspecified atom stereocenters. The Bertz CT molecular complexity index is 1070. The van der Waals surface area contributed by atoms with Crippen LogP contribution in [0.5, 0.6) is 11.5 Å². The van der Waals surface area contributed by atoms with Crippen molar-refractivity contribution >= 4 is 17.5 Å². The minimum absolute atomic E-state index is 0.581. The van der Waals surface area contributed by atoms with Gasteiger partial charge in [-0.25, -0.2) is 4.98 Å². The van der Waals surface area contributed by atoms with Gasteiger partial charge in [-0.3, -0.25) is 0 Å². The average Bonchev–Trinajstić information content (AvgIpc) is 2.75. The van der Waals surface area contributed by atoms with E-state index in [-0.39, 0.29) is 0 Å². The van der Waals surface area contributed by atoms with Gasteiger partial charge in [-0.1, -0.05) is 60.7 Å². The van der Waals surface area contributed by atoms with Gasteiger partial charge in [0.15, 0.2) is 5.75 Å². The van der Waals surface area contributed by atoms with Gasteiger partial charge >= 0.3 is 0 Å². The zero-order valence-corrected chi connectivity index (χ0v) is 16.2. The van der Waals surface area contributed by atoms with Crippen LogP contribution in [0.4, 0.5) is 17.5 Å². The predicted octanol–water partition coefficient (Wildman–Crippen LogP) is 5.93. The monoisotopic (exact) mass is 382 g/mol. The highest BCUT2D eigenvalue weighted by atomic mass is 16.5. The fourth-order valence-electron chi connectivity index (χ4n) is 2.90.